The Hall–Kier alpha value is -4.45. The molecule has 0 fully saturated rings. The monoisotopic (exact) mass is 521 g/mol. The lowest BCUT2D eigenvalue weighted by Crippen LogP contribution is -2.29. The van der Waals surface area contributed by atoms with E-state index in [1.807, 2.05) is 54.6 Å². The van der Waals surface area contributed by atoms with E-state index >= 15 is 0 Å². The van der Waals surface area contributed by atoms with Crippen molar-refractivity contribution in [3.8, 4) is 5.75 Å². The summed E-state index contributed by atoms with van der Waals surface area (Å²) in [6, 6.07) is 24.4. The highest BCUT2D eigenvalue weighted by Gasteiger charge is 2.42. The van der Waals surface area contributed by atoms with Crippen LogP contribution in [0.3, 0.4) is 0 Å². The van der Waals surface area contributed by atoms with Gasteiger partial charge in [0.05, 0.1) is 29.8 Å². The molecule has 198 valence electrons. The molecular formula is C33H31NO5. The molecule has 0 N–H and O–H groups in total. The van der Waals surface area contributed by atoms with Gasteiger partial charge in [-0.1, -0.05) is 80.6 Å². The average molecular weight is 522 g/mol. The van der Waals surface area contributed by atoms with Crippen LogP contribution in [0.2, 0.25) is 0 Å². The summed E-state index contributed by atoms with van der Waals surface area (Å²) in [7, 11) is 0. The molecule has 0 aliphatic carbocycles. The number of hydrogen-bond donors (Lipinski definition) is 0. The van der Waals surface area contributed by atoms with Crippen LogP contribution in [0.15, 0.2) is 78.9 Å². The molecule has 1 aliphatic heterocycles. The molecule has 0 radical (unpaired) electrons. The molecule has 2 amide bonds. The smallest absolute Gasteiger partial charge is 0.310 e. The van der Waals surface area contributed by atoms with Crippen LogP contribution in [0.1, 0.15) is 58.2 Å². The van der Waals surface area contributed by atoms with E-state index in [9.17, 15) is 14.4 Å². The van der Waals surface area contributed by atoms with Crippen molar-refractivity contribution in [1.29, 1.82) is 0 Å². The number of carbonyl (C=O) groups is 3. The zero-order chi connectivity index (χ0) is 27.5. The summed E-state index contributed by atoms with van der Waals surface area (Å²) in [4.78, 5) is 41.1. The number of imide groups is 1. The standard InChI is InChI=1S/C33H31NO5/c1-4-38-28(35)19-22-14-16-24(17-15-22)34-32(36)29-27(18-21(2)3)25-12-8-9-13-26(25)31(30(29)33(34)37)39-20-23-10-6-5-7-11-23/h5-17,21H,4,18-20H2,1-3H3. The Morgan fingerprint density at radius 1 is 0.795 bits per heavy atom. The van der Waals surface area contributed by atoms with E-state index in [4.69, 9.17) is 9.47 Å². The third-order valence-corrected chi connectivity index (χ3v) is 6.80. The topological polar surface area (TPSA) is 72.9 Å². The van der Waals surface area contributed by atoms with Gasteiger partial charge in [-0.25, -0.2) is 4.90 Å². The first-order chi connectivity index (χ1) is 18.9. The normalized spacial score (nSPS) is 12.8. The Labute approximate surface area is 228 Å². The van der Waals surface area contributed by atoms with Crippen molar-refractivity contribution in [3.63, 3.8) is 0 Å². The summed E-state index contributed by atoms with van der Waals surface area (Å²) in [6.07, 6.45) is 0.769. The van der Waals surface area contributed by atoms with E-state index in [1.165, 1.54) is 4.90 Å². The van der Waals surface area contributed by atoms with Gasteiger partial charge in [0.1, 0.15) is 12.4 Å². The number of ether oxygens (including phenoxy) is 2. The minimum atomic E-state index is -0.410. The number of fused-ring (bicyclic) bond motifs is 2. The fourth-order valence-corrected chi connectivity index (χ4v) is 5.11. The molecule has 0 spiro atoms. The van der Waals surface area contributed by atoms with Gasteiger partial charge in [0.2, 0.25) is 0 Å². The zero-order valence-electron chi connectivity index (χ0n) is 22.4. The molecular weight excluding hydrogens is 490 g/mol. The van der Waals surface area contributed by atoms with E-state index in [0.29, 0.717) is 35.6 Å². The third kappa shape index (κ3) is 5.15. The van der Waals surface area contributed by atoms with Gasteiger partial charge in [0.15, 0.2) is 0 Å². The maximum absolute atomic E-state index is 14.0. The molecule has 4 aromatic rings. The maximum Gasteiger partial charge on any atom is 0.310 e. The van der Waals surface area contributed by atoms with Gasteiger partial charge in [-0.2, -0.15) is 0 Å². The molecule has 0 bridgehead atoms. The minimum absolute atomic E-state index is 0.123. The number of carbonyl (C=O) groups excluding carboxylic acids is 3. The Morgan fingerprint density at radius 3 is 2.10 bits per heavy atom. The highest BCUT2D eigenvalue weighted by molar-refractivity contribution is 6.37. The molecule has 1 heterocycles. The Balaban J connectivity index is 1.60. The van der Waals surface area contributed by atoms with Crippen molar-refractivity contribution in [2.24, 2.45) is 5.92 Å². The van der Waals surface area contributed by atoms with E-state index < -0.39 is 5.91 Å². The van der Waals surface area contributed by atoms with Gasteiger partial charge in [0, 0.05) is 5.39 Å². The van der Waals surface area contributed by atoms with Crippen molar-refractivity contribution in [1.82, 2.24) is 0 Å². The van der Waals surface area contributed by atoms with Crippen LogP contribution in [-0.4, -0.2) is 24.4 Å². The summed E-state index contributed by atoms with van der Waals surface area (Å²) in [5.74, 6) is -0.397. The highest BCUT2D eigenvalue weighted by atomic mass is 16.5. The van der Waals surface area contributed by atoms with Crippen molar-refractivity contribution in [2.45, 2.75) is 40.2 Å². The number of rotatable bonds is 9. The molecule has 5 rings (SSSR count). The predicted molar refractivity (Wildman–Crippen MR) is 151 cm³/mol. The number of benzene rings is 4. The molecule has 0 atom stereocenters. The molecule has 0 saturated carbocycles. The van der Waals surface area contributed by atoms with E-state index in [2.05, 4.69) is 13.8 Å². The Bertz CT molecular complexity index is 1540. The van der Waals surface area contributed by atoms with Gasteiger partial charge in [-0.15, -0.1) is 0 Å². The van der Waals surface area contributed by atoms with Crippen molar-refractivity contribution >= 4 is 34.2 Å². The van der Waals surface area contributed by atoms with Crippen molar-refractivity contribution < 1.29 is 23.9 Å². The Morgan fingerprint density at radius 2 is 1.44 bits per heavy atom. The maximum atomic E-state index is 14.0. The first kappa shape index (κ1) is 26.2. The SMILES string of the molecule is CCOC(=O)Cc1ccc(N2C(=O)c3c(c(OCc4ccccc4)c4ccccc4c3CC(C)C)C2=O)cc1. The predicted octanol–water partition coefficient (Wildman–Crippen LogP) is 6.52. The number of hydrogen-bond acceptors (Lipinski definition) is 5. The first-order valence-electron chi connectivity index (χ1n) is 13.3. The van der Waals surface area contributed by atoms with Crippen molar-refractivity contribution in [3.05, 3.63) is 107 Å². The van der Waals surface area contributed by atoms with E-state index in [1.54, 1.807) is 31.2 Å². The second-order valence-corrected chi connectivity index (χ2v) is 10.1. The fourth-order valence-electron chi connectivity index (χ4n) is 5.11. The van der Waals surface area contributed by atoms with Gasteiger partial charge in [0.25, 0.3) is 11.8 Å². The molecule has 0 aromatic heterocycles. The number of anilines is 1. The lowest BCUT2D eigenvalue weighted by atomic mass is 9.89. The van der Waals surface area contributed by atoms with Crippen LogP contribution in [-0.2, 0) is 29.0 Å². The summed E-state index contributed by atoms with van der Waals surface area (Å²) in [5, 5.41) is 1.73. The molecule has 6 heteroatoms. The average Bonchev–Trinajstić information content (AvgIpc) is 3.19. The van der Waals surface area contributed by atoms with E-state index in [0.717, 1.165) is 27.5 Å². The largest absolute Gasteiger partial charge is 0.487 e. The fraction of sp³-hybridized carbons (Fsp3) is 0.242. The number of nitrogens with zero attached hydrogens (tertiary/aromatic N) is 1. The molecule has 0 saturated heterocycles. The van der Waals surface area contributed by atoms with Gasteiger partial charge in [-0.05, 0) is 53.5 Å². The molecule has 4 aromatic carbocycles. The van der Waals surface area contributed by atoms with Crippen LogP contribution in [0.5, 0.6) is 5.75 Å². The van der Waals surface area contributed by atoms with Gasteiger partial charge in [-0.3, -0.25) is 14.4 Å². The second-order valence-electron chi connectivity index (χ2n) is 10.1. The summed E-state index contributed by atoms with van der Waals surface area (Å²) < 4.78 is 11.4. The molecule has 6 nitrogen and oxygen atoms in total. The first-order valence-corrected chi connectivity index (χ1v) is 13.3. The lowest BCUT2D eigenvalue weighted by Gasteiger charge is -2.18. The van der Waals surface area contributed by atoms with Crippen LogP contribution in [0.25, 0.3) is 10.8 Å². The molecule has 39 heavy (non-hydrogen) atoms. The zero-order valence-corrected chi connectivity index (χ0v) is 22.4. The van der Waals surface area contributed by atoms with Gasteiger partial charge >= 0.3 is 5.97 Å². The quantitative estimate of drug-likeness (QED) is 0.185. The lowest BCUT2D eigenvalue weighted by molar-refractivity contribution is -0.142. The third-order valence-electron chi connectivity index (χ3n) is 6.80. The van der Waals surface area contributed by atoms with Crippen LogP contribution in [0.4, 0.5) is 5.69 Å². The molecule has 0 unspecified atom stereocenters. The summed E-state index contributed by atoms with van der Waals surface area (Å²) in [6.45, 7) is 6.54. The Kier molecular flexibility index (Phi) is 7.46. The molecule has 1 aliphatic rings. The van der Waals surface area contributed by atoms with Crippen LogP contribution in [0, 0.1) is 5.92 Å². The summed E-state index contributed by atoms with van der Waals surface area (Å²) in [5.41, 5.74) is 3.73. The number of amides is 2. The van der Waals surface area contributed by atoms with Crippen molar-refractivity contribution in [2.75, 3.05) is 11.5 Å². The van der Waals surface area contributed by atoms with Gasteiger partial charge < -0.3 is 9.47 Å². The van der Waals surface area contributed by atoms with E-state index in [-0.39, 0.29) is 30.8 Å². The highest BCUT2D eigenvalue weighted by Crippen LogP contribution is 2.43. The second kappa shape index (κ2) is 11.1. The summed E-state index contributed by atoms with van der Waals surface area (Å²) >= 11 is 0. The number of esters is 1. The minimum Gasteiger partial charge on any atom is -0.487 e. The van der Waals surface area contributed by atoms with Crippen LogP contribution < -0.4 is 9.64 Å². The van der Waals surface area contributed by atoms with Crippen LogP contribution >= 0.6 is 0 Å².